The SMILES string of the molecule is O=c1ccc2c3cc[nH]c4ccc(=O)n(c2c1)c43. The van der Waals surface area contributed by atoms with Crippen LogP contribution in [0.3, 0.4) is 0 Å². The second-order valence-corrected chi connectivity index (χ2v) is 4.34. The first-order valence-electron chi connectivity index (χ1n) is 5.64. The molecule has 0 aliphatic heterocycles. The van der Waals surface area contributed by atoms with Crippen molar-refractivity contribution in [3.05, 3.63) is 63.2 Å². The Morgan fingerprint density at radius 3 is 2.72 bits per heavy atom. The van der Waals surface area contributed by atoms with Gasteiger partial charge in [0.15, 0.2) is 5.43 Å². The van der Waals surface area contributed by atoms with Gasteiger partial charge in [-0.2, -0.15) is 0 Å². The average molecular weight is 236 g/mol. The number of nitrogens with one attached hydrogen (secondary N) is 1. The Morgan fingerprint density at radius 1 is 0.944 bits per heavy atom. The Morgan fingerprint density at radius 2 is 1.83 bits per heavy atom. The minimum Gasteiger partial charge on any atom is -0.360 e. The molecule has 4 heteroatoms. The van der Waals surface area contributed by atoms with Crippen molar-refractivity contribution in [2.24, 2.45) is 0 Å². The zero-order valence-corrected chi connectivity index (χ0v) is 9.31. The van der Waals surface area contributed by atoms with Crippen LogP contribution in [0.25, 0.3) is 27.3 Å². The van der Waals surface area contributed by atoms with Gasteiger partial charge in [0.25, 0.3) is 5.56 Å². The molecule has 0 spiro atoms. The summed E-state index contributed by atoms with van der Waals surface area (Å²) in [6, 6.07) is 10.0. The Balaban J connectivity index is 2.56. The van der Waals surface area contributed by atoms with Gasteiger partial charge in [-0.25, -0.2) is 0 Å². The highest BCUT2D eigenvalue weighted by Crippen LogP contribution is 2.27. The van der Waals surface area contributed by atoms with Crippen LogP contribution >= 0.6 is 0 Å². The largest absolute Gasteiger partial charge is 0.360 e. The molecule has 3 heterocycles. The maximum Gasteiger partial charge on any atom is 0.255 e. The van der Waals surface area contributed by atoms with Gasteiger partial charge in [0.05, 0.1) is 16.6 Å². The summed E-state index contributed by atoms with van der Waals surface area (Å²) in [7, 11) is 0. The molecule has 86 valence electrons. The smallest absolute Gasteiger partial charge is 0.255 e. The summed E-state index contributed by atoms with van der Waals surface area (Å²) >= 11 is 0. The van der Waals surface area contributed by atoms with Gasteiger partial charge in [0.1, 0.15) is 0 Å². The Hall–Kier alpha value is -2.62. The molecule has 3 aromatic heterocycles. The summed E-state index contributed by atoms with van der Waals surface area (Å²) in [6.07, 6.45) is 1.84. The molecule has 4 aromatic rings. The lowest BCUT2D eigenvalue weighted by molar-refractivity contribution is 1.17. The van der Waals surface area contributed by atoms with Crippen LogP contribution in [-0.2, 0) is 0 Å². The van der Waals surface area contributed by atoms with E-state index in [9.17, 15) is 9.59 Å². The van der Waals surface area contributed by atoms with Gasteiger partial charge >= 0.3 is 0 Å². The fourth-order valence-corrected chi connectivity index (χ4v) is 2.60. The lowest BCUT2D eigenvalue weighted by Crippen LogP contribution is -2.11. The summed E-state index contributed by atoms with van der Waals surface area (Å²) in [6.45, 7) is 0. The van der Waals surface area contributed by atoms with E-state index in [1.807, 2.05) is 12.3 Å². The van der Waals surface area contributed by atoms with Gasteiger partial charge in [-0.1, -0.05) is 0 Å². The number of aromatic amines is 1. The molecule has 0 bridgehead atoms. The van der Waals surface area contributed by atoms with Gasteiger partial charge in [-0.05, 0) is 24.3 Å². The molecule has 0 atom stereocenters. The van der Waals surface area contributed by atoms with Crippen molar-refractivity contribution in [1.82, 2.24) is 9.38 Å². The summed E-state index contributed by atoms with van der Waals surface area (Å²) in [4.78, 5) is 26.6. The number of fused-ring (bicyclic) bond motifs is 3. The fraction of sp³-hybridized carbons (Fsp3) is 0. The number of hydrogen-bond acceptors (Lipinski definition) is 2. The molecule has 0 unspecified atom stereocenters. The third-order valence-electron chi connectivity index (χ3n) is 3.34. The van der Waals surface area contributed by atoms with E-state index in [0.717, 1.165) is 21.8 Å². The van der Waals surface area contributed by atoms with Crippen LogP contribution in [-0.4, -0.2) is 9.38 Å². The van der Waals surface area contributed by atoms with E-state index in [2.05, 4.69) is 4.98 Å². The topological polar surface area (TPSA) is 54.3 Å². The van der Waals surface area contributed by atoms with E-state index in [1.54, 1.807) is 16.5 Å². The Labute approximate surface area is 100 Å². The zero-order valence-electron chi connectivity index (χ0n) is 9.31. The number of nitrogens with zero attached hydrogens (tertiary/aromatic N) is 1. The van der Waals surface area contributed by atoms with E-state index >= 15 is 0 Å². The molecule has 0 amide bonds. The fourth-order valence-electron chi connectivity index (χ4n) is 2.60. The Kier molecular flexibility index (Phi) is 1.56. The maximum absolute atomic E-state index is 12.0. The van der Waals surface area contributed by atoms with Crippen LogP contribution in [0.2, 0.25) is 0 Å². The molecule has 0 saturated carbocycles. The number of pyridine rings is 2. The standard InChI is InChI=1S/C14H8N2O2/c17-8-1-2-9-10-5-6-15-11-3-4-13(18)16(14(10)11)12(9)7-8/h1-7,15H. The van der Waals surface area contributed by atoms with Crippen molar-refractivity contribution in [2.75, 3.05) is 0 Å². The van der Waals surface area contributed by atoms with Crippen LogP contribution < -0.4 is 11.0 Å². The second kappa shape index (κ2) is 2.98. The predicted molar refractivity (Wildman–Crippen MR) is 70.5 cm³/mol. The Bertz CT molecular complexity index is 1010. The molecule has 1 aromatic carbocycles. The van der Waals surface area contributed by atoms with E-state index < -0.39 is 0 Å². The van der Waals surface area contributed by atoms with Crippen molar-refractivity contribution < 1.29 is 0 Å². The third kappa shape index (κ3) is 0.996. The van der Waals surface area contributed by atoms with Gasteiger partial charge in [0.2, 0.25) is 0 Å². The number of hydrogen-bond donors (Lipinski definition) is 1. The van der Waals surface area contributed by atoms with Crippen molar-refractivity contribution in [1.29, 1.82) is 0 Å². The van der Waals surface area contributed by atoms with E-state index in [-0.39, 0.29) is 11.0 Å². The lowest BCUT2D eigenvalue weighted by atomic mass is 10.2. The highest BCUT2D eigenvalue weighted by Gasteiger charge is 2.12. The molecular formula is C14H8N2O2. The van der Waals surface area contributed by atoms with Crippen molar-refractivity contribution in [3.63, 3.8) is 0 Å². The van der Waals surface area contributed by atoms with Crippen molar-refractivity contribution in [3.8, 4) is 0 Å². The lowest BCUT2D eigenvalue weighted by Gasteiger charge is -1.98. The molecule has 0 aliphatic carbocycles. The molecule has 0 fully saturated rings. The summed E-state index contributed by atoms with van der Waals surface area (Å²) in [5, 5.41) is 1.91. The van der Waals surface area contributed by atoms with Gasteiger partial charge < -0.3 is 4.98 Å². The first-order valence-corrected chi connectivity index (χ1v) is 5.64. The summed E-state index contributed by atoms with van der Waals surface area (Å²) in [5.41, 5.74) is 2.19. The average Bonchev–Trinajstić information content (AvgIpc) is 2.70. The normalized spacial score (nSPS) is 11.8. The van der Waals surface area contributed by atoms with Crippen LogP contribution in [0.1, 0.15) is 0 Å². The van der Waals surface area contributed by atoms with E-state index in [4.69, 9.17) is 0 Å². The molecule has 4 rings (SSSR count). The van der Waals surface area contributed by atoms with Gasteiger partial charge in [0, 0.05) is 29.1 Å². The van der Waals surface area contributed by atoms with E-state index in [0.29, 0.717) is 5.52 Å². The molecule has 0 radical (unpaired) electrons. The zero-order chi connectivity index (χ0) is 12.3. The monoisotopic (exact) mass is 236 g/mol. The molecule has 0 aliphatic rings. The van der Waals surface area contributed by atoms with Crippen LogP contribution in [0, 0.1) is 0 Å². The first kappa shape index (κ1) is 9.41. The summed E-state index contributed by atoms with van der Waals surface area (Å²) < 4.78 is 1.60. The minimum absolute atomic E-state index is 0.0885. The minimum atomic E-state index is -0.118. The van der Waals surface area contributed by atoms with E-state index in [1.165, 1.54) is 18.2 Å². The van der Waals surface area contributed by atoms with Crippen LogP contribution in [0.5, 0.6) is 0 Å². The second-order valence-electron chi connectivity index (χ2n) is 4.34. The van der Waals surface area contributed by atoms with Crippen LogP contribution in [0.4, 0.5) is 0 Å². The number of rotatable bonds is 0. The molecule has 18 heavy (non-hydrogen) atoms. The molecular weight excluding hydrogens is 228 g/mol. The molecule has 4 nitrogen and oxygen atoms in total. The highest BCUT2D eigenvalue weighted by molar-refractivity contribution is 6.12. The first-order chi connectivity index (χ1) is 8.75. The van der Waals surface area contributed by atoms with Gasteiger partial charge in [-0.15, -0.1) is 0 Å². The van der Waals surface area contributed by atoms with Crippen molar-refractivity contribution >= 4 is 27.3 Å². The molecule has 1 N–H and O–H groups in total. The van der Waals surface area contributed by atoms with Crippen LogP contribution in [0.15, 0.2) is 52.2 Å². The predicted octanol–water partition coefficient (Wildman–Crippen LogP) is 1.73. The number of aromatic nitrogens is 2. The quantitative estimate of drug-likeness (QED) is 0.505. The van der Waals surface area contributed by atoms with Crippen molar-refractivity contribution in [2.45, 2.75) is 0 Å². The van der Waals surface area contributed by atoms with Gasteiger partial charge in [-0.3, -0.25) is 14.0 Å². The number of H-pyrrole nitrogens is 1. The third-order valence-corrected chi connectivity index (χ3v) is 3.34. The highest BCUT2D eigenvalue weighted by atomic mass is 16.1. The number of benzene rings is 1. The maximum atomic E-state index is 12.0. The summed E-state index contributed by atoms with van der Waals surface area (Å²) in [5.74, 6) is 0. The molecule has 0 saturated heterocycles.